The number of rotatable bonds is 14. The van der Waals surface area contributed by atoms with E-state index in [4.69, 9.17) is 0 Å². The molecule has 0 nitrogen and oxygen atoms in total. The largest absolute Gasteiger partial charge is 0.331 e. The van der Waals surface area contributed by atoms with Gasteiger partial charge in [0.15, 0.2) is 6.17 Å². The summed E-state index contributed by atoms with van der Waals surface area (Å²) in [5, 5.41) is 0. The molecule has 0 saturated carbocycles. The van der Waals surface area contributed by atoms with Crippen LogP contribution >= 0.6 is 15.9 Å². The second-order valence-electron chi connectivity index (χ2n) is 5.69. The van der Waals surface area contributed by atoms with Crippen molar-refractivity contribution in [2.75, 3.05) is 0 Å². The Labute approximate surface area is 131 Å². The molecule has 0 radical (unpaired) electrons. The zero-order chi connectivity index (χ0) is 15.3. The van der Waals surface area contributed by atoms with Crippen LogP contribution in [0, 0.1) is 0 Å². The molecule has 1 atom stereocenters. The van der Waals surface area contributed by atoms with Crippen molar-refractivity contribution in [3.63, 3.8) is 0 Å². The first-order valence-corrected chi connectivity index (χ1v) is 8.98. The molecule has 0 aliphatic carbocycles. The zero-order valence-corrected chi connectivity index (χ0v) is 14.4. The van der Waals surface area contributed by atoms with E-state index in [0.717, 1.165) is 19.3 Å². The highest BCUT2D eigenvalue weighted by Gasteiger charge is 2.35. The molecule has 0 aromatic carbocycles. The van der Waals surface area contributed by atoms with Gasteiger partial charge in [-0.1, -0.05) is 84.0 Å². The zero-order valence-electron chi connectivity index (χ0n) is 12.8. The highest BCUT2D eigenvalue weighted by Crippen LogP contribution is 2.31. The van der Waals surface area contributed by atoms with Gasteiger partial charge in [-0.25, -0.2) is 4.39 Å². The fourth-order valence-corrected chi connectivity index (χ4v) is 2.56. The lowest BCUT2D eigenvalue weighted by Gasteiger charge is -2.13. The Kier molecular flexibility index (Phi) is 13.1. The maximum Gasteiger partial charge on any atom is 0.331 e. The molecule has 0 N–H and O–H groups in total. The Morgan fingerprint density at radius 3 is 1.45 bits per heavy atom. The summed E-state index contributed by atoms with van der Waals surface area (Å²) in [6.07, 6.45) is 12.0. The van der Waals surface area contributed by atoms with Crippen LogP contribution in [-0.2, 0) is 0 Å². The van der Waals surface area contributed by atoms with Gasteiger partial charge in [0.2, 0.25) is 0 Å². The molecule has 0 aliphatic heterocycles. The van der Waals surface area contributed by atoms with E-state index in [1.807, 2.05) is 0 Å². The van der Waals surface area contributed by atoms with Crippen LogP contribution in [0.3, 0.4) is 0 Å². The van der Waals surface area contributed by atoms with Gasteiger partial charge in [-0.2, -0.15) is 8.78 Å². The summed E-state index contributed by atoms with van der Waals surface area (Å²) in [6, 6.07) is 0. The number of alkyl halides is 4. The van der Waals surface area contributed by atoms with E-state index < -0.39 is 11.0 Å². The van der Waals surface area contributed by atoms with Gasteiger partial charge < -0.3 is 0 Å². The molecule has 20 heavy (non-hydrogen) atoms. The van der Waals surface area contributed by atoms with Crippen LogP contribution < -0.4 is 0 Å². The van der Waals surface area contributed by atoms with Crippen molar-refractivity contribution < 1.29 is 13.2 Å². The van der Waals surface area contributed by atoms with Gasteiger partial charge in [-0.15, -0.1) is 0 Å². The van der Waals surface area contributed by atoms with Crippen LogP contribution in [-0.4, -0.2) is 11.0 Å². The van der Waals surface area contributed by atoms with Gasteiger partial charge in [-0.05, 0) is 22.4 Å². The van der Waals surface area contributed by atoms with Gasteiger partial charge in [0.25, 0.3) is 0 Å². The SMILES string of the molecule is CCCCCCCCCCCCCCC(F)C(F)(F)Br. The Morgan fingerprint density at radius 1 is 0.750 bits per heavy atom. The molecule has 0 bridgehead atoms. The molecular formula is C16H30BrF3. The molecule has 0 aliphatic rings. The van der Waals surface area contributed by atoms with E-state index in [0.29, 0.717) is 6.42 Å². The summed E-state index contributed by atoms with van der Waals surface area (Å²) in [7, 11) is 0. The van der Waals surface area contributed by atoms with Gasteiger partial charge in [0, 0.05) is 0 Å². The van der Waals surface area contributed by atoms with Crippen LogP contribution in [0.4, 0.5) is 13.2 Å². The number of halogens is 4. The minimum atomic E-state index is -3.36. The second-order valence-corrected chi connectivity index (χ2v) is 6.74. The fourth-order valence-electron chi connectivity index (χ4n) is 2.33. The van der Waals surface area contributed by atoms with Crippen molar-refractivity contribution in [3.05, 3.63) is 0 Å². The van der Waals surface area contributed by atoms with Gasteiger partial charge in [0.1, 0.15) is 0 Å². The van der Waals surface area contributed by atoms with E-state index in [1.165, 1.54) is 51.4 Å². The summed E-state index contributed by atoms with van der Waals surface area (Å²) in [4.78, 5) is -3.36. The molecular weight excluding hydrogens is 329 g/mol. The van der Waals surface area contributed by atoms with Crippen molar-refractivity contribution in [3.8, 4) is 0 Å². The number of hydrogen-bond acceptors (Lipinski definition) is 0. The van der Waals surface area contributed by atoms with Crippen LogP contribution in [0.15, 0.2) is 0 Å². The lowest BCUT2D eigenvalue weighted by molar-refractivity contribution is 0.0167. The van der Waals surface area contributed by atoms with Crippen LogP contribution in [0.25, 0.3) is 0 Å². The van der Waals surface area contributed by atoms with E-state index in [9.17, 15) is 13.2 Å². The van der Waals surface area contributed by atoms with E-state index in [-0.39, 0.29) is 6.42 Å². The molecule has 0 aromatic rings. The molecule has 0 rings (SSSR count). The second kappa shape index (κ2) is 13.0. The molecule has 1 unspecified atom stereocenters. The lowest BCUT2D eigenvalue weighted by atomic mass is 10.0. The van der Waals surface area contributed by atoms with Crippen LogP contribution in [0.1, 0.15) is 90.4 Å². The topological polar surface area (TPSA) is 0 Å². The molecule has 122 valence electrons. The lowest BCUT2D eigenvalue weighted by Crippen LogP contribution is -2.22. The summed E-state index contributed by atoms with van der Waals surface area (Å²) >= 11 is 2.07. The summed E-state index contributed by atoms with van der Waals surface area (Å²) in [5.74, 6) is 0. The first-order valence-electron chi connectivity index (χ1n) is 8.19. The van der Waals surface area contributed by atoms with Crippen LogP contribution in [0.5, 0.6) is 0 Å². The first kappa shape index (κ1) is 20.3. The predicted octanol–water partition coefficient (Wildman–Crippen LogP) is 7.40. The van der Waals surface area contributed by atoms with Crippen LogP contribution in [0.2, 0.25) is 0 Å². The molecule has 0 amide bonds. The Hall–Kier alpha value is 0.270. The molecule has 0 aromatic heterocycles. The third-order valence-corrected chi connectivity index (χ3v) is 4.16. The smallest absolute Gasteiger partial charge is 0.240 e. The first-order chi connectivity index (χ1) is 9.48. The Morgan fingerprint density at radius 2 is 1.10 bits per heavy atom. The maximum atomic E-state index is 12.9. The highest BCUT2D eigenvalue weighted by atomic mass is 79.9. The van der Waals surface area contributed by atoms with Gasteiger partial charge >= 0.3 is 4.83 Å². The van der Waals surface area contributed by atoms with E-state index in [2.05, 4.69) is 22.9 Å². The minimum absolute atomic E-state index is 0.0460. The summed E-state index contributed by atoms with van der Waals surface area (Å²) < 4.78 is 37.9. The van der Waals surface area contributed by atoms with Crippen molar-refractivity contribution >= 4 is 15.9 Å². The third kappa shape index (κ3) is 13.3. The quantitative estimate of drug-likeness (QED) is 0.224. The minimum Gasteiger partial charge on any atom is -0.240 e. The van der Waals surface area contributed by atoms with E-state index in [1.54, 1.807) is 0 Å². The third-order valence-electron chi connectivity index (χ3n) is 3.67. The summed E-state index contributed by atoms with van der Waals surface area (Å²) in [6.45, 7) is 2.23. The molecule has 0 saturated heterocycles. The van der Waals surface area contributed by atoms with Crippen molar-refractivity contribution in [2.45, 2.75) is 101 Å². The monoisotopic (exact) mass is 358 g/mol. The van der Waals surface area contributed by atoms with Crippen molar-refractivity contribution in [1.29, 1.82) is 0 Å². The molecule has 0 spiro atoms. The normalized spacial score (nSPS) is 13.7. The average molecular weight is 359 g/mol. The highest BCUT2D eigenvalue weighted by molar-refractivity contribution is 9.10. The fraction of sp³-hybridized carbons (Fsp3) is 1.00. The number of unbranched alkanes of at least 4 members (excludes halogenated alkanes) is 11. The van der Waals surface area contributed by atoms with Gasteiger partial charge in [0.05, 0.1) is 0 Å². The Bertz CT molecular complexity index is 204. The maximum absolute atomic E-state index is 12.9. The summed E-state index contributed by atoms with van der Waals surface area (Å²) in [5.41, 5.74) is 0. The molecule has 4 heteroatoms. The predicted molar refractivity (Wildman–Crippen MR) is 84.5 cm³/mol. The van der Waals surface area contributed by atoms with Crippen molar-refractivity contribution in [1.82, 2.24) is 0 Å². The Balaban J connectivity index is 3.14. The van der Waals surface area contributed by atoms with Crippen molar-refractivity contribution in [2.24, 2.45) is 0 Å². The standard InChI is InChI=1S/C16H30BrF3/c1-2-3-4-5-6-7-8-9-10-11-12-13-14-15(18)16(17,19)20/h15H,2-14H2,1H3. The molecule has 0 heterocycles. The number of hydrogen-bond donors (Lipinski definition) is 0. The van der Waals surface area contributed by atoms with E-state index >= 15 is 0 Å². The van der Waals surface area contributed by atoms with Gasteiger partial charge in [-0.3, -0.25) is 0 Å². The average Bonchev–Trinajstić information content (AvgIpc) is 2.38. The molecule has 0 fully saturated rings.